The van der Waals surface area contributed by atoms with Crippen LogP contribution >= 0.6 is 23.1 Å². The number of aromatic nitrogens is 4. The highest BCUT2D eigenvalue weighted by molar-refractivity contribution is 9.10. The summed E-state index contributed by atoms with van der Waals surface area (Å²) in [5.41, 5.74) is 3.81. The van der Waals surface area contributed by atoms with Gasteiger partial charge >= 0.3 is 0 Å². The minimum Gasteiger partial charge on any atom is -0.494 e. The first-order valence-corrected chi connectivity index (χ1v) is 24.4. The predicted molar refractivity (Wildman–Crippen MR) is 246 cm³/mol. The fourth-order valence-electron chi connectivity index (χ4n) is 8.29. The van der Waals surface area contributed by atoms with E-state index in [0.29, 0.717) is 80.7 Å². The van der Waals surface area contributed by atoms with Crippen molar-refractivity contribution >= 4 is 79.9 Å². The Kier molecular flexibility index (Phi) is 14.2. The molecule has 2 fully saturated rings. The van der Waals surface area contributed by atoms with Crippen LogP contribution in [0.1, 0.15) is 55.2 Å². The van der Waals surface area contributed by atoms with Crippen molar-refractivity contribution in [2.45, 2.75) is 57.4 Å². The van der Waals surface area contributed by atoms with Crippen LogP contribution in [-0.4, -0.2) is 90.5 Å². The molecule has 0 saturated carbocycles. The molecule has 2 amide bonds. The van der Waals surface area contributed by atoms with Crippen molar-refractivity contribution in [3.8, 4) is 5.75 Å². The van der Waals surface area contributed by atoms with Gasteiger partial charge in [-0.3, -0.25) is 19.7 Å². The number of benzene rings is 3. The third-order valence-electron chi connectivity index (χ3n) is 11.5. The Hall–Kier alpha value is -5.29. The van der Waals surface area contributed by atoms with Crippen molar-refractivity contribution in [1.82, 2.24) is 35.5 Å². The first kappa shape index (κ1) is 45.7. The van der Waals surface area contributed by atoms with Crippen molar-refractivity contribution in [2.24, 2.45) is 7.05 Å². The lowest BCUT2D eigenvalue weighted by Crippen LogP contribution is -2.44. The van der Waals surface area contributed by atoms with Gasteiger partial charge in [0.1, 0.15) is 30.3 Å². The number of carbonyl (C=O) groups excluding carboxylic acids is 2. The molecule has 0 radical (unpaired) electrons. The number of halogens is 3. The summed E-state index contributed by atoms with van der Waals surface area (Å²) in [6.07, 6.45) is 6.30. The van der Waals surface area contributed by atoms with Gasteiger partial charge in [0.15, 0.2) is 0 Å². The summed E-state index contributed by atoms with van der Waals surface area (Å²) in [6, 6.07) is 10.5. The van der Waals surface area contributed by atoms with Gasteiger partial charge in [-0.15, -0.1) is 0 Å². The second-order valence-corrected chi connectivity index (χ2v) is 20.2. The minimum absolute atomic E-state index is 0.0508. The van der Waals surface area contributed by atoms with Crippen LogP contribution in [0.15, 0.2) is 58.2 Å². The second kappa shape index (κ2) is 19.6. The van der Waals surface area contributed by atoms with Gasteiger partial charge in [0.05, 0.1) is 46.1 Å². The summed E-state index contributed by atoms with van der Waals surface area (Å²) < 4.78 is 51.3. The Morgan fingerprint density at radius 2 is 1.71 bits per heavy atom. The van der Waals surface area contributed by atoms with E-state index in [2.05, 4.69) is 70.4 Å². The number of imide groups is 1. The number of amides is 2. The molecular formula is C44H52BrF2N10O5P. The van der Waals surface area contributed by atoms with Crippen molar-refractivity contribution in [3.63, 3.8) is 0 Å². The molecule has 4 heterocycles. The molecule has 1 atom stereocenters. The topological polar surface area (TPSA) is 184 Å². The maximum absolute atomic E-state index is 14.9. The molecular weight excluding hydrogens is 897 g/mol. The Labute approximate surface area is 372 Å². The number of anilines is 5. The van der Waals surface area contributed by atoms with Crippen molar-refractivity contribution in [1.29, 1.82) is 0 Å². The zero-order valence-electron chi connectivity index (χ0n) is 35.9. The maximum atomic E-state index is 14.9. The van der Waals surface area contributed by atoms with Crippen LogP contribution in [0, 0.1) is 11.6 Å². The quantitative estimate of drug-likeness (QED) is 0.0443. The van der Waals surface area contributed by atoms with Gasteiger partial charge in [0.2, 0.25) is 17.8 Å². The van der Waals surface area contributed by atoms with E-state index in [1.165, 1.54) is 23.0 Å². The summed E-state index contributed by atoms with van der Waals surface area (Å²) in [7, 11) is 0.256. The molecule has 3 aromatic carbocycles. The maximum Gasteiger partial charge on any atom is 0.261 e. The van der Waals surface area contributed by atoms with Gasteiger partial charge in [-0.2, -0.15) is 4.98 Å². The highest BCUT2D eigenvalue weighted by Gasteiger charge is 2.33. The van der Waals surface area contributed by atoms with Crippen LogP contribution in [-0.2, 0) is 34.0 Å². The SMILES string of the molecule is CCc1cc(Nc2ncc(Br)c(Nc3ccc4ncn(C)c(=O)c4c3P(C)(C)=O)n2)c(OC)cc1N1CCC(NCCNCCc2cc(F)c(C3CCC(=O)NC3=O)c(F)c2)CC1. The molecule has 1 unspecified atom stereocenters. The molecule has 63 heavy (non-hydrogen) atoms. The van der Waals surface area contributed by atoms with Gasteiger partial charge in [-0.25, -0.2) is 18.7 Å². The van der Waals surface area contributed by atoms with Crippen molar-refractivity contribution in [2.75, 3.05) is 68.7 Å². The number of nitrogens with one attached hydrogen (secondary N) is 5. The highest BCUT2D eigenvalue weighted by atomic mass is 79.9. The Balaban J connectivity index is 0.932. The van der Waals surface area contributed by atoms with E-state index in [9.17, 15) is 27.7 Å². The first-order valence-electron chi connectivity index (χ1n) is 21.0. The van der Waals surface area contributed by atoms with Crippen LogP contribution in [0.25, 0.3) is 10.9 Å². The molecule has 0 bridgehead atoms. The molecule has 15 nitrogen and oxygen atoms in total. The van der Waals surface area contributed by atoms with Crippen molar-refractivity contribution in [3.05, 3.63) is 92.1 Å². The van der Waals surface area contributed by atoms with Crippen LogP contribution < -0.4 is 47.1 Å². The fourth-order valence-corrected chi connectivity index (χ4v) is 10.0. The average Bonchev–Trinajstić information content (AvgIpc) is 3.24. The number of hydrogen-bond acceptors (Lipinski definition) is 13. The zero-order valence-corrected chi connectivity index (χ0v) is 38.4. The van der Waals surface area contributed by atoms with Gasteiger partial charge in [0, 0.05) is 74.5 Å². The predicted octanol–water partition coefficient (Wildman–Crippen LogP) is 5.98. The normalized spacial score (nSPS) is 16.1. The van der Waals surface area contributed by atoms with Crippen molar-refractivity contribution < 1.29 is 27.7 Å². The van der Waals surface area contributed by atoms with E-state index >= 15 is 0 Å². The second-order valence-electron chi connectivity index (χ2n) is 16.2. The summed E-state index contributed by atoms with van der Waals surface area (Å²) in [4.78, 5) is 52.9. The molecule has 0 spiro atoms. The fraction of sp³-hybridized carbons (Fsp3) is 0.409. The van der Waals surface area contributed by atoms with E-state index in [1.807, 2.05) is 6.07 Å². The number of piperidine rings is 2. The smallest absolute Gasteiger partial charge is 0.261 e. The van der Waals surface area contributed by atoms with Crippen LogP contribution in [0.5, 0.6) is 5.75 Å². The van der Waals surface area contributed by atoms with E-state index in [-0.39, 0.29) is 24.0 Å². The summed E-state index contributed by atoms with van der Waals surface area (Å²) >= 11 is 3.55. The monoisotopic (exact) mass is 948 g/mol. The largest absolute Gasteiger partial charge is 0.494 e. The van der Waals surface area contributed by atoms with Gasteiger partial charge < -0.3 is 40.0 Å². The number of carbonyl (C=O) groups is 2. The Morgan fingerprint density at radius 3 is 2.40 bits per heavy atom. The van der Waals surface area contributed by atoms with E-state index in [0.717, 1.165) is 50.1 Å². The minimum atomic E-state index is -2.98. The lowest BCUT2D eigenvalue weighted by atomic mass is 9.89. The Morgan fingerprint density at radius 1 is 0.968 bits per heavy atom. The number of hydrogen-bond donors (Lipinski definition) is 5. The number of methoxy groups -OCH3 is 1. The zero-order chi connectivity index (χ0) is 45.0. The highest BCUT2D eigenvalue weighted by Crippen LogP contribution is 2.42. The number of aryl methyl sites for hydroxylation is 2. The van der Waals surface area contributed by atoms with E-state index in [1.54, 1.807) is 45.8 Å². The third kappa shape index (κ3) is 10.4. The lowest BCUT2D eigenvalue weighted by molar-refractivity contribution is -0.134. The number of nitrogens with zero attached hydrogens (tertiary/aromatic N) is 5. The number of ether oxygens (including phenoxy) is 1. The molecule has 19 heteroatoms. The molecule has 0 aliphatic carbocycles. The number of fused-ring (bicyclic) bond motifs is 1. The summed E-state index contributed by atoms with van der Waals surface area (Å²) in [5, 5.41) is 16.5. The van der Waals surface area contributed by atoms with Gasteiger partial charge in [-0.05, 0) is 109 Å². The molecule has 5 aromatic rings. The van der Waals surface area contributed by atoms with E-state index < -0.39 is 36.5 Å². The first-order chi connectivity index (χ1) is 30.1. The molecule has 334 valence electrons. The van der Waals surface area contributed by atoms with E-state index in [4.69, 9.17) is 9.72 Å². The molecule has 2 aromatic heterocycles. The van der Waals surface area contributed by atoms with Gasteiger partial charge in [0.25, 0.3) is 5.56 Å². The molecule has 7 rings (SSSR count). The standard InChI is InChI=1S/C44H52BrF2N10O5P/c1-6-26-21-34(53-44-50-23-29(45)41(55-44)52-33-9-8-32-39(40(33)63(4,5)61)43(60)56(2)24-51-32)36(62-3)22-35(26)57-17-12-27(13-18-57)49-16-15-48-14-11-25-19-30(46)38(31(47)20-25)28-7-10-37(58)54-42(28)59/h8-9,19-24,27-28,48-49H,6-7,10-18H2,1-5H3,(H,54,58,59)(H2,50,52,53,55). The lowest BCUT2D eigenvalue weighted by Gasteiger charge is -2.35. The summed E-state index contributed by atoms with van der Waals surface area (Å²) in [5.74, 6) is -2.30. The molecule has 2 aliphatic heterocycles. The Bertz CT molecular complexity index is 2630. The number of rotatable bonds is 16. The molecule has 2 aliphatic rings. The average molecular weight is 950 g/mol. The molecule has 2 saturated heterocycles. The third-order valence-corrected chi connectivity index (χ3v) is 13.6. The molecule has 5 N–H and O–H groups in total. The van der Waals surface area contributed by atoms with Crippen LogP contribution in [0.2, 0.25) is 0 Å². The van der Waals surface area contributed by atoms with Crippen LogP contribution in [0.3, 0.4) is 0 Å². The van der Waals surface area contributed by atoms with Crippen LogP contribution in [0.4, 0.5) is 37.6 Å². The van der Waals surface area contributed by atoms with Gasteiger partial charge in [-0.1, -0.05) is 6.92 Å². The summed E-state index contributed by atoms with van der Waals surface area (Å²) in [6.45, 7) is 9.03.